The highest BCUT2D eigenvalue weighted by atomic mass is 79.9. The Balaban J connectivity index is 2.74. The van der Waals surface area contributed by atoms with Gasteiger partial charge in [0.2, 0.25) is 10.0 Å². The van der Waals surface area contributed by atoms with Crippen molar-refractivity contribution in [1.82, 2.24) is 4.98 Å². The zero-order valence-corrected chi connectivity index (χ0v) is 11.4. The number of pyridine rings is 1. The van der Waals surface area contributed by atoms with Crippen molar-refractivity contribution in [1.29, 1.82) is 0 Å². The monoisotopic (exact) mass is 322 g/mol. The summed E-state index contributed by atoms with van der Waals surface area (Å²) in [7, 11) is -3.80. The number of ether oxygens (including phenoxy) is 1. The van der Waals surface area contributed by atoms with Crippen LogP contribution in [0.25, 0.3) is 0 Å². The highest BCUT2D eigenvalue weighted by Gasteiger charge is 2.18. The highest BCUT2D eigenvalue weighted by molar-refractivity contribution is 9.10. The van der Waals surface area contributed by atoms with Crippen LogP contribution in [0.5, 0.6) is 0 Å². The molecule has 0 unspecified atom stereocenters. The van der Waals surface area contributed by atoms with Crippen molar-refractivity contribution in [3.63, 3.8) is 0 Å². The van der Waals surface area contributed by atoms with E-state index >= 15 is 0 Å². The third kappa shape index (κ3) is 4.70. The Bertz CT molecular complexity index is 503. The second-order valence-corrected chi connectivity index (χ2v) is 5.58. The average Bonchev–Trinajstić information content (AvgIpc) is 2.20. The molecule has 0 aromatic carbocycles. The molecule has 17 heavy (non-hydrogen) atoms. The van der Waals surface area contributed by atoms with Gasteiger partial charge in [0.15, 0.2) is 11.6 Å². The number of sulfonamides is 1. The van der Waals surface area contributed by atoms with Gasteiger partial charge in [0.25, 0.3) is 0 Å². The lowest BCUT2D eigenvalue weighted by Crippen LogP contribution is -2.24. The fourth-order valence-corrected chi connectivity index (χ4v) is 2.41. The van der Waals surface area contributed by atoms with Gasteiger partial charge in [-0.2, -0.15) is 0 Å². The van der Waals surface area contributed by atoms with Crippen LogP contribution in [0.4, 0.5) is 5.82 Å². The minimum atomic E-state index is -3.80. The number of esters is 1. The minimum Gasteiger partial charge on any atom is -0.465 e. The first kappa shape index (κ1) is 13.9. The summed E-state index contributed by atoms with van der Waals surface area (Å²) >= 11 is 3.14. The molecule has 0 fully saturated rings. The Morgan fingerprint density at radius 2 is 2.29 bits per heavy atom. The molecule has 1 heterocycles. The topological polar surface area (TPSA) is 85.4 Å². The fraction of sp³-hybridized carbons (Fsp3) is 0.333. The maximum absolute atomic E-state index is 11.6. The zero-order valence-electron chi connectivity index (χ0n) is 9.01. The summed E-state index contributed by atoms with van der Waals surface area (Å²) in [4.78, 5) is 14.9. The Kier molecular flexibility index (Phi) is 4.88. The molecule has 0 saturated heterocycles. The fourth-order valence-electron chi connectivity index (χ4n) is 1.00. The second kappa shape index (κ2) is 5.97. The molecule has 8 heteroatoms. The smallest absolute Gasteiger partial charge is 0.323 e. The highest BCUT2D eigenvalue weighted by Crippen LogP contribution is 2.19. The van der Waals surface area contributed by atoms with Gasteiger partial charge in [0.1, 0.15) is 0 Å². The number of nitrogens with zero attached hydrogens (tertiary/aromatic N) is 1. The van der Waals surface area contributed by atoms with E-state index in [2.05, 4.69) is 30.4 Å². The molecular weight excluding hydrogens is 312 g/mol. The van der Waals surface area contributed by atoms with Crippen LogP contribution in [0.3, 0.4) is 0 Å². The van der Waals surface area contributed by atoms with Crippen LogP contribution < -0.4 is 4.72 Å². The van der Waals surface area contributed by atoms with Gasteiger partial charge in [0, 0.05) is 6.20 Å². The van der Waals surface area contributed by atoms with Crippen molar-refractivity contribution in [2.24, 2.45) is 0 Å². The molecule has 0 aliphatic rings. The standard InChI is InChI=1S/C9H11BrN2O4S/c1-2-16-8(13)6-17(14,15)12-9-7(10)4-3-5-11-9/h3-5H,2,6H2,1H3,(H,11,12). The number of carbonyl (C=O) groups is 1. The zero-order chi connectivity index (χ0) is 12.9. The van der Waals surface area contributed by atoms with E-state index in [9.17, 15) is 13.2 Å². The number of carbonyl (C=O) groups excluding carboxylic acids is 1. The lowest BCUT2D eigenvalue weighted by molar-refractivity contribution is -0.139. The molecule has 0 aliphatic heterocycles. The van der Waals surface area contributed by atoms with Gasteiger partial charge in [-0.05, 0) is 35.0 Å². The predicted molar refractivity (Wildman–Crippen MR) is 66.0 cm³/mol. The van der Waals surface area contributed by atoms with Gasteiger partial charge in [0.05, 0.1) is 11.1 Å². The number of anilines is 1. The summed E-state index contributed by atoms with van der Waals surface area (Å²) in [6, 6.07) is 3.28. The summed E-state index contributed by atoms with van der Waals surface area (Å²) in [6.45, 7) is 1.74. The number of hydrogen-bond acceptors (Lipinski definition) is 5. The lowest BCUT2D eigenvalue weighted by Gasteiger charge is -2.07. The van der Waals surface area contributed by atoms with Crippen LogP contribution in [0.2, 0.25) is 0 Å². The van der Waals surface area contributed by atoms with Gasteiger partial charge in [-0.1, -0.05) is 0 Å². The van der Waals surface area contributed by atoms with E-state index in [0.29, 0.717) is 4.47 Å². The molecule has 1 aromatic heterocycles. The molecular formula is C9H11BrN2O4S. The number of hydrogen-bond donors (Lipinski definition) is 1. The van der Waals surface area contributed by atoms with Crippen LogP contribution in [0.1, 0.15) is 6.92 Å². The summed E-state index contributed by atoms with van der Waals surface area (Å²) < 4.78 is 30.4. The third-order valence-corrected chi connectivity index (χ3v) is 3.38. The van der Waals surface area contributed by atoms with E-state index in [1.54, 1.807) is 19.1 Å². The molecule has 94 valence electrons. The third-order valence-electron chi connectivity index (χ3n) is 1.62. The number of aromatic nitrogens is 1. The molecule has 0 saturated carbocycles. The number of nitrogens with one attached hydrogen (secondary N) is 1. The largest absolute Gasteiger partial charge is 0.465 e. The van der Waals surface area contributed by atoms with E-state index in [1.165, 1.54) is 6.20 Å². The molecule has 0 atom stereocenters. The van der Waals surface area contributed by atoms with E-state index < -0.39 is 21.7 Å². The van der Waals surface area contributed by atoms with Gasteiger partial charge < -0.3 is 4.74 Å². The van der Waals surface area contributed by atoms with Crippen molar-refractivity contribution in [2.45, 2.75) is 6.92 Å². The molecule has 0 radical (unpaired) electrons. The van der Waals surface area contributed by atoms with Gasteiger partial charge >= 0.3 is 5.97 Å². The van der Waals surface area contributed by atoms with Crippen molar-refractivity contribution in [3.05, 3.63) is 22.8 Å². The van der Waals surface area contributed by atoms with Crippen molar-refractivity contribution >= 4 is 37.7 Å². The Morgan fingerprint density at radius 3 is 2.88 bits per heavy atom. The minimum absolute atomic E-state index is 0.136. The first-order valence-corrected chi connectivity index (χ1v) is 7.16. The summed E-state index contributed by atoms with van der Waals surface area (Å²) in [5, 5.41) is 0. The van der Waals surface area contributed by atoms with E-state index in [4.69, 9.17) is 0 Å². The molecule has 1 N–H and O–H groups in total. The molecule has 0 amide bonds. The summed E-state index contributed by atoms with van der Waals surface area (Å²) in [6.07, 6.45) is 1.44. The van der Waals surface area contributed by atoms with E-state index in [0.717, 1.165) is 0 Å². The van der Waals surface area contributed by atoms with Crippen LogP contribution in [-0.2, 0) is 19.6 Å². The van der Waals surface area contributed by atoms with E-state index in [-0.39, 0.29) is 12.4 Å². The normalized spacial score (nSPS) is 10.9. The van der Waals surface area contributed by atoms with Crippen molar-refractivity contribution < 1.29 is 17.9 Å². The average molecular weight is 323 g/mol. The maximum Gasteiger partial charge on any atom is 0.323 e. The molecule has 0 bridgehead atoms. The second-order valence-electron chi connectivity index (χ2n) is 3.00. The Morgan fingerprint density at radius 1 is 1.59 bits per heavy atom. The van der Waals surface area contributed by atoms with Crippen LogP contribution >= 0.6 is 15.9 Å². The molecule has 0 spiro atoms. The van der Waals surface area contributed by atoms with Crippen molar-refractivity contribution in [3.8, 4) is 0 Å². The van der Waals surface area contributed by atoms with Crippen LogP contribution in [0, 0.1) is 0 Å². The maximum atomic E-state index is 11.6. The molecule has 6 nitrogen and oxygen atoms in total. The van der Waals surface area contributed by atoms with Gasteiger partial charge in [-0.3, -0.25) is 9.52 Å². The SMILES string of the molecule is CCOC(=O)CS(=O)(=O)Nc1ncccc1Br. The predicted octanol–water partition coefficient (Wildman–Crippen LogP) is 1.15. The molecule has 0 aliphatic carbocycles. The summed E-state index contributed by atoms with van der Waals surface area (Å²) in [5.74, 6) is -1.40. The number of halogens is 1. The van der Waals surface area contributed by atoms with Crippen LogP contribution in [-0.4, -0.2) is 31.7 Å². The Labute approximate surface area is 108 Å². The molecule has 1 rings (SSSR count). The van der Waals surface area contributed by atoms with Crippen molar-refractivity contribution in [2.75, 3.05) is 17.1 Å². The van der Waals surface area contributed by atoms with Crippen LogP contribution in [0.15, 0.2) is 22.8 Å². The number of rotatable bonds is 5. The Hall–Kier alpha value is -1.15. The van der Waals surface area contributed by atoms with Gasteiger partial charge in [-0.25, -0.2) is 13.4 Å². The summed E-state index contributed by atoms with van der Waals surface area (Å²) in [5.41, 5.74) is 0. The van der Waals surface area contributed by atoms with Gasteiger partial charge in [-0.15, -0.1) is 0 Å². The quantitative estimate of drug-likeness (QED) is 0.822. The first-order chi connectivity index (χ1) is 7.94. The first-order valence-electron chi connectivity index (χ1n) is 4.71. The lowest BCUT2D eigenvalue weighted by atomic mass is 10.5. The molecule has 1 aromatic rings. The van der Waals surface area contributed by atoms with E-state index in [1.807, 2.05) is 0 Å².